The van der Waals surface area contributed by atoms with Crippen LogP contribution in [0.15, 0.2) is 0 Å². The van der Waals surface area contributed by atoms with E-state index in [1.807, 2.05) is 0 Å². The van der Waals surface area contributed by atoms with Crippen molar-refractivity contribution in [2.45, 2.75) is 19.3 Å². The van der Waals surface area contributed by atoms with Gasteiger partial charge in [-0.15, -0.1) is 6.54 Å². The van der Waals surface area contributed by atoms with Crippen molar-refractivity contribution in [2.24, 2.45) is 0 Å². The first-order valence-electron chi connectivity index (χ1n) is 3.97. The second kappa shape index (κ2) is 9.61. The van der Waals surface area contributed by atoms with Crippen LogP contribution in [-0.2, 0) is 28.1 Å². The fraction of sp³-hybridized carbons (Fsp3) is 0.625. The molecule has 0 aromatic carbocycles. The van der Waals surface area contributed by atoms with Crippen LogP contribution in [0.5, 0.6) is 0 Å². The zero-order valence-corrected chi connectivity index (χ0v) is 9.20. The van der Waals surface area contributed by atoms with Crippen LogP contribution in [0.2, 0.25) is 0 Å². The van der Waals surface area contributed by atoms with Gasteiger partial charge in [0.25, 0.3) is 0 Å². The first kappa shape index (κ1) is 15.0. The molecule has 5 heteroatoms. The molecule has 0 aromatic heterocycles. The largest absolute Gasteiger partial charge is 0.386 e. The molecule has 2 N–H and O–H groups in total. The van der Waals surface area contributed by atoms with Crippen molar-refractivity contribution in [1.82, 2.24) is 10.6 Å². The molecule has 0 unspecified atom stereocenters. The molecule has 0 fully saturated rings. The minimum absolute atomic E-state index is 0. The molecule has 0 heterocycles. The van der Waals surface area contributed by atoms with E-state index in [4.69, 9.17) is 0 Å². The SMILES string of the molecule is [CH2-]CNC(=O)CCCC(=O)NC.[V]. The third-order valence-electron chi connectivity index (χ3n) is 1.41. The van der Waals surface area contributed by atoms with Gasteiger partial charge in [-0.1, -0.05) is 0 Å². The Morgan fingerprint density at radius 1 is 1.23 bits per heavy atom. The molecule has 0 atom stereocenters. The number of nitrogens with one attached hydrogen (secondary N) is 2. The maximum Gasteiger partial charge on any atom is 0.219 e. The van der Waals surface area contributed by atoms with E-state index in [0.29, 0.717) is 25.8 Å². The van der Waals surface area contributed by atoms with Gasteiger partial charge < -0.3 is 17.6 Å². The molecule has 0 aliphatic carbocycles. The average molecular weight is 222 g/mol. The number of amides is 2. The number of hydrogen-bond acceptors (Lipinski definition) is 2. The molecule has 2 amide bonds. The molecule has 0 aliphatic heterocycles. The Morgan fingerprint density at radius 3 is 2.23 bits per heavy atom. The normalized spacial score (nSPS) is 8.46. The molecule has 1 radical (unpaired) electrons. The van der Waals surface area contributed by atoms with Gasteiger partial charge in [0.1, 0.15) is 0 Å². The summed E-state index contributed by atoms with van der Waals surface area (Å²) in [5.74, 6) is -0.0775. The predicted molar refractivity (Wildman–Crippen MR) is 46.3 cm³/mol. The standard InChI is InChI=1S/C8H15N2O2.V/c1-3-10-8(12)6-4-5-7(11)9-2;/h1,3-6H2,2H3,(H,9,11)(H,10,12);/q-1;. The molecule has 75 valence electrons. The zero-order chi connectivity index (χ0) is 9.40. The van der Waals surface area contributed by atoms with E-state index in [0.717, 1.165) is 0 Å². The Hall–Kier alpha value is -0.476. The Kier molecular flexibility index (Phi) is 11.1. The molecule has 0 spiro atoms. The Labute approximate surface area is 90.7 Å². The van der Waals surface area contributed by atoms with Crippen molar-refractivity contribution in [3.63, 3.8) is 0 Å². The minimum Gasteiger partial charge on any atom is -0.386 e. The molecular formula is C8H15N2O2V-. The van der Waals surface area contributed by atoms with E-state index < -0.39 is 0 Å². The molecule has 0 bridgehead atoms. The number of carbonyl (C=O) groups is 2. The molecule has 0 aliphatic rings. The molecular weight excluding hydrogens is 207 g/mol. The predicted octanol–water partition coefficient (Wildman–Crippen LogP) is -0.150. The molecule has 0 rings (SSSR count). The van der Waals surface area contributed by atoms with Gasteiger partial charge in [0.05, 0.1) is 0 Å². The van der Waals surface area contributed by atoms with Gasteiger partial charge in [0.2, 0.25) is 11.8 Å². The maximum atomic E-state index is 10.8. The van der Waals surface area contributed by atoms with Crippen LogP contribution in [0.4, 0.5) is 0 Å². The van der Waals surface area contributed by atoms with Crippen LogP contribution >= 0.6 is 0 Å². The van der Waals surface area contributed by atoms with Crippen molar-refractivity contribution in [1.29, 1.82) is 0 Å². The van der Waals surface area contributed by atoms with Gasteiger partial charge in [-0.3, -0.25) is 9.59 Å². The second-order valence-electron chi connectivity index (χ2n) is 2.38. The van der Waals surface area contributed by atoms with Gasteiger partial charge in [-0.25, -0.2) is 0 Å². The first-order chi connectivity index (χ1) is 5.70. The van der Waals surface area contributed by atoms with Crippen LogP contribution in [0, 0.1) is 6.92 Å². The summed E-state index contributed by atoms with van der Waals surface area (Å²) in [6.45, 7) is 3.88. The maximum absolute atomic E-state index is 10.8. The summed E-state index contributed by atoms with van der Waals surface area (Å²) in [6, 6.07) is 0. The fourth-order valence-corrected chi connectivity index (χ4v) is 0.762. The van der Waals surface area contributed by atoms with Crippen molar-refractivity contribution in [3.05, 3.63) is 6.92 Å². The summed E-state index contributed by atoms with van der Waals surface area (Å²) in [4.78, 5) is 21.5. The van der Waals surface area contributed by atoms with E-state index >= 15 is 0 Å². The van der Waals surface area contributed by atoms with Gasteiger partial charge in [0.15, 0.2) is 0 Å². The zero-order valence-electron chi connectivity index (χ0n) is 7.80. The molecule has 0 aromatic rings. The summed E-state index contributed by atoms with van der Waals surface area (Å²) >= 11 is 0. The quantitative estimate of drug-likeness (QED) is 0.635. The topological polar surface area (TPSA) is 58.2 Å². The summed E-state index contributed by atoms with van der Waals surface area (Å²) < 4.78 is 0. The van der Waals surface area contributed by atoms with Crippen LogP contribution < -0.4 is 10.6 Å². The van der Waals surface area contributed by atoms with E-state index in [-0.39, 0.29) is 30.4 Å². The van der Waals surface area contributed by atoms with Crippen LogP contribution in [-0.4, -0.2) is 25.4 Å². The molecule has 13 heavy (non-hydrogen) atoms. The smallest absolute Gasteiger partial charge is 0.219 e. The summed E-state index contributed by atoms with van der Waals surface area (Å²) in [6.07, 6.45) is 1.38. The van der Waals surface area contributed by atoms with Crippen LogP contribution in [0.1, 0.15) is 19.3 Å². The Bertz CT molecular complexity index is 162. The minimum atomic E-state index is -0.0473. The monoisotopic (exact) mass is 222 g/mol. The van der Waals surface area contributed by atoms with Crippen molar-refractivity contribution in [2.75, 3.05) is 13.6 Å². The molecule has 0 saturated heterocycles. The third-order valence-corrected chi connectivity index (χ3v) is 1.41. The summed E-state index contributed by atoms with van der Waals surface area (Å²) in [5.41, 5.74) is 0. The van der Waals surface area contributed by atoms with Gasteiger partial charge in [0, 0.05) is 38.4 Å². The van der Waals surface area contributed by atoms with E-state index in [1.54, 1.807) is 7.05 Å². The molecule has 4 nitrogen and oxygen atoms in total. The Balaban J connectivity index is 0. The van der Waals surface area contributed by atoms with Crippen LogP contribution in [0.25, 0.3) is 0 Å². The Morgan fingerprint density at radius 2 is 1.77 bits per heavy atom. The van der Waals surface area contributed by atoms with Gasteiger partial charge in [-0.05, 0) is 6.42 Å². The first-order valence-corrected chi connectivity index (χ1v) is 3.97. The molecule has 0 saturated carbocycles. The van der Waals surface area contributed by atoms with Crippen LogP contribution in [0.3, 0.4) is 0 Å². The average Bonchev–Trinajstić information content (AvgIpc) is 2.04. The van der Waals surface area contributed by atoms with Gasteiger partial charge >= 0.3 is 0 Å². The fourth-order valence-electron chi connectivity index (χ4n) is 0.762. The summed E-state index contributed by atoms with van der Waals surface area (Å²) in [7, 11) is 1.58. The van der Waals surface area contributed by atoms with E-state index in [1.165, 1.54) is 0 Å². The van der Waals surface area contributed by atoms with E-state index in [2.05, 4.69) is 17.6 Å². The van der Waals surface area contributed by atoms with Crippen molar-refractivity contribution >= 4 is 11.8 Å². The summed E-state index contributed by atoms with van der Waals surface area (Å²) in [5, 5.41) is 5.04. The third kappa shape index (κ3) is 9.44. The van der Waals surface area contributed by atoms with Gasteiger partial charge in [-0.2, -0.15) is 0 Å². The van der Waals surface area contributed by atoms with Crippen molar-refractivity contribution in [3.8, 4) is 0 Å². The van der Waals surface area contributed by atoms with E-state index in [9.17, 15) is 9.59 Å². The number of rotatable bonds is 5. The van der Waals surface area contributed by atoms with Crippen molar-refractivity contribution < 1.29 is 28.1 Å². The second-order valence-corrected chi connectivity index (χ2v) is 2.38. The number of hydrogen-bond donors (Lipinski definition) is 2. The number of carbonyl (C=O) groups excluding carboxylic acids is 2.